The lowest BCUT2D eigenvalue weighted by Crippen LogP contribution is -2.40. The van der Waals surface area contributed by atoms with Crippen LogP contribution in [0, 0.1) is 17.6 Å². The molecule has 3 rings (SSSR count). The molecule has 1 aliphatic rings. The fraction of sp³-hybridized carbons (Fsp3) is 0.381. The van der Waals surface area contributed by atoms with E-state index < -0.39 is 11.6 Å². The predicted molar refractivity (Wildman–Crippen MR) is 106 cm³/mol. The average molecular weight is 372 g/mol. The highest BCUT2D eigenvalue weighted by Gasteiger charge is 2.22. The third-order valence-corrected chi connectivity index (χ3v) is 4.72. The normalized spacial score (nSPS) is 17.2. The smallest absolute Gasteiger partial charge is 0.191 e. The standard InChI is InChI=1S/C21H26F2N4/c1-2-24-21(26-14-17-12-18(22)8-9-20(17)23)25-13-16-10-11-27(15-16)19-6-4-3-5-7-19/h3-9,12,16H,2,10-11,13-15H2,1H3,(H2,24,25,26). The van der Waals surface area contributed by atoms with Gasteiger partial charge in [0, 0.05) is 37.4 Å². The molecule has 1 heterocycles. The summed E-state index contributed by atoms with van der Waals surface area (Å²) in [6.07, 6.45) is 1.11. The fourth-order valence-corrected chi connectivity index (χ4v) is 3.28. The molecule has 6 heteroatoms. The van der Waals surface area contributed by atoms with E-state index in [4.69, 9.17) is 0 Å². The van der Waals surface area contributed by atoms with E-state index in [1.807, 2.05) is 13.0 Å². The molecule has 1 saturated heterocycles. The van der Waals surface area contributed by atoms with Crippen LogP contribution >= 0.6 is 0 Å². The van der Waals surface area contributed by atoms with E-state index in [0.717, 1.165) is 38.2 Å². The summed E-state index contributed by atoms with van der Waals surface area (Å²) in [6.45, 7) is 5.61. The van der Waals surface area contributed by atoms with Crippen molar-refractivity contribution in [3.05, 3.63) is 65.7 Å². The minimum atomic E-state index is -0.452. The van der Waals surface area contributed by atoms with E-state index in [1.165, 1.54) is 11.8 Å². The Morgan fingerprint density at radius 2 is 1.96 bits per heavy atom. The number of halogens is 2. The van der Waals surface area contributed by atoms with Gasteiger partial charge in [-0.15, -0.1) is 0 Å². The lowest BCUT2D eigenvalue weighted by molar-refractivity contribution is 0.564. The largest absolute Gasteiger partial charge is 0.371 e. The summed E-state index contributed by atoms with van der Waals surface area (Å²) in [5.74, 6) is 0.246. The number of hydrogen-bond acceptors (Lipinski definition) is 2. The molecule has 2 aromatic rings. The van der Waals surface area contributed by atoms with E-state index >= 15 is 0 Å². The zero-order chi connectivity index (χ0) is 19.1. The Hall–Kier alpha value is -2.63. The van der Waals surface area contributed by atoms with Crippen LogP contribution in [0.2, 0.25) is 0 Å². The number of guanidine groups is 1. The number of aliphatic imine (C=N–C) groups is 1. The van der Waals surface area contributed by atoms with Gasteiger partial charge in [-0.2, -0.15) is 0 Å². The monoisotopic (exact) mass is 372 g/mol. The number of nitrogens with one attached hydrogen (secondary N) is 2. The second-order valence-corrected chi connectivity index (χ2v) is 6.75. The molecule has 144 valence electrons. The zero-order valence-corrected chi connectivity index (χ0v) is 15.6. The molecular formula is C21H26F2N4. The molecule has 1 fully saturated rings. The molecule has 0 aromatic heterocycles. The highest BCUT2D eigenvalue weighted by molar-refractivity contribution is 5.79. The van der Waals surface area contributed by atoms with Crippen molar-refractivity contribution in [3.63, 3.8) is 0 Å². The lowest BCUT2D eigenvalue weighted by atomic mass is 10.1. The summed E-state index contributed by atoms with van der Waals surface area (Å²) in [4.78, 5) is 6.79. The van der Waals surface area contributed by atoms with Gasteiger partial charge in [0.2, 0.25) is 0 Å². The number of nitrogens with zero attached hydrogens (tertiary/aromatic N) is 2. The minimum absolute atomic E-state index is 0.0970. The second kappa shape index (κ2) is 9.35. The first-order valence-electron chi connectivity index (χ1n) is 9.42. The molecule has 1 aliphatic heterocycles. The van der Waals surface area contributed by atoms with Crippen molar-refractivity contribution < 1.29 is 8.78 Å². The van der Waals surface area contributed by atoms with Crippen LogP contribution in [0.1, 0.15) is 18.9 Å². The summed E-state index contributed by atoms with van der Waals surface area (Å²) >= 11 is 0. The minimum Gasteiger partial charge on any atom is -0.371 e. The van der Waals surface area contributed by atoms with Crippen molar-refractivity contribution in [1.82, 2.24) is 10.6 Å². The lowest BCUT2D eigenvalue weighted by Gasteiger charge is -2.19. The first kappa shape index (κ1) is 19.1. The van der Waals surface area contributed by atoms with Crippen LogP contribution in [-0.2, 0) is 6.54 Å². The molecule has 2 N–H and O–H groups in total. The van der Waals surface area contributed by atoms with Gasteiger partial charge in [-0.3, -0.25) is 0 Å². The van der Waals surface area contributed by atoms with Gasteiger partial charge in [0.1, 0.15) is 11.6 Å². The van der Waals surface area contributed by atoms with Crippen LogP contribution in [0.25, 0.3) is 0 Å². The van der Waals surface area contributed by atoms with E-state index in [-0.39, 0.29) is 12.1 Å². The fourth-order valence-electron chi connectivity index (χ4n) is 3.28. The first-order valence-corrected chi connectivity index (χ1v) is 9.42. The molecule has 4 nitrogen and oxygen atoms in total. The van der Waals surface area contributed by atoms with Crippen LogP contribution in [0.4, 0.5) is 14.5 Å². The number of hydrogen-bond donors (Lipinski definition) is 2. The molecule has 1 unspecified atom stereocenters. The Labute approximate surface area is 159 Å². The van der Waals surface area contributed by atoms with Gasteiger partial charge < -0.3 is 15.5 Å². The molecule has 0 saturated carbocycles. The molecule has 0 radical (unpaired) electrons. The summed E-state index contributed by atoms with van der Waals surface area (Å²) in [7, 11) is 0. The van der Waals surface area contributed by atoms with Crippen molar-refractivity contribution in [3.8, 4) is 0 Å². The number of benzene rings is 2. The molecule has 1 atom stereocenters. The van der Waals surface area contributed by atoms with E-state index in [2.05, 4.69) is 44.8 Å². The maximum atomic E-state index is 13.8. The highest BCUT2D eigenvalue weighted by atomic mass is 19.1. The van der Waals surface area contributed by atoms with Crippen molar-refractivity contribution >= 4 is 11.6 Å². The van der Waals surface area contributed by atoms with Gasteiger partial charge >= 0.3 is 0 Å². The second-order valence-electron chi connectivity index (χ2n) is 6.75. The quantitative estimate of drug-likeness (QED) is 0.602. The Kier molecular flexibility index (Phi) is 6.63. The molecule has 2 aromatic carbocycles. The van der Waals surface area contributed by atoms with Gasteiger partial charge in [-0.25, -0.2) is 13.8 Å². The Balaban J connectivity index is 1.54. The third-order valence-electron chi connectivity index (χ3n) is 4.72. The van der Waals surface area contributed by atoms with Gasteiger partial charge in [-0.05, 0) is 49.6 Å². The summed E-state index contributed by atoms with van der Waals surface area (Å²) < 4.78 is 27.1. The van der Waals surface area contributed by atoms with Gasteiger partial charge in [0.05, 0.1) is 6.54 Å². The molecule has 0 aliphatic carbocycles. The Bertz CT molecular complexity index is 764. The van der Waals surface area contributed by atoms with Crippen molar-refractivity contribution in [2.24, 2.45) is 10.9 Å². The van der Waals surface area contributed by atoms with Crippen molar-refractivity contribution in [1.29, 1.82) is 0 Å². The van der Waals surface area contributed by atoms with E-state index in [0.29, 0.717) is 18.4 Å². The SMILES string of the molecule is CCNC(=NCc1cc(F)ccc1F)NCC1CCN(c2ccccc2)C1. The van der Waals surface area contributed by atoms with Gasteiger partial charge in [0.15, 0.2) is 5.96 Å². The Morgan fingerprint density at radius 1 is 1.15 bits per heavy atom. The van der Waals surface area contributed by atoms with Crippen LogP contribution in [0.15, 0.2) is 53.5 Å². The number of rotatable bonds is 6. The highest BCUT2D eigenvalue weighted by Crippen LogP contribution is 2.22. The Morgan fingerprint density at radius 3 is 2.74 bits per heavy atom. The topological polar surface area (TPSA) is 39.7 Å². The maximum absolute atomic E-state index is 13.8. The average Bonchev–Trinajstić information content (AvgIpc) is 3.16. The summed E-state index contributed by atoms with van der Waals surface area (Å²) in [5, 5.41) is 6.50. The first-order chi connectivity index (χ1) is 13.2. The van der Waals surface area contributed by atoms with Crippen LogP contribution in [0.5, 0.6) is 0 Å². The maximum Gasteiger partial charge on any atom is 0.191 e. The molecule has 0 spiro atoms. The van der Waals surface area contributed by atoms with Crippen LogP contribution in [0.3, 0.4) is 0 Å². The molecule has 0 bridgehead atoms. The van der Waals surface area contributed by atoms with Gasteiger partial charge in [-0.1, -0.05) is 18.2 Å². The number of para-hydroxylation sites is 1. The van der Waals surface area contributed by atoms with Crippen molar-refractivity contribution in [2.45, 2.75) is 19.9 Å². The summed E-state index contributed by atoms with van der Waals surface area (Å²) in [6, 6.07) is 13.9. The van der Waals surface area contributed by atoms with Crippen LogP contribution in [-0.4, -0.2) is 32.1 Å². The van der Waals surface area contributed by atoms with E-state index in [1.54, 1.807) is 0 Å². The van der Waals surface area contributed by atoms with Crippen molar-refractivity contribution in [2.75, 3.05) is 31.1 Å². The molecule has 0 amide bonds. The predicted octanol–water partition coefficient (Wildman–Crippen LogP) is 3.55. The molecule has 27 heavy (non-hydrogen) atoms. The zero-order valence-electron chi connectivity index (χ0n) is 15.6. The van der Waals surface area contributed by atoms with Gasteiger partial charge in [0.25, 0.3) is 0 Å². The molecular weight excluding hydrogens is 346 g/mol. The van der Waals surface area contributed by atoms with E-state index in [9.17, 15) is 8.78 Å². The third kappa shape index (κ3) is 5.42. The number of anilines is 1. The summed E-state index contributed by atoms with van der Waals surface area (Å²) in [5.41, 5.74) is 1.51. The van der Waals surface area contributed by atoms with Crippen LogP contribution < -0.4 is 15.5 Å².